The molecule has 0 amide bonds. The molecule has 0 unspecified atom stereocenters. The maximum atomic E-state index is 12.1. The zero-order chi connectivity index (χ0) is 14.5. The second-order valence-corrected chi connectivity index (χ2v) is 6.29. The van der Waals surface area contributed by atoms with Crippen LogP contribution in [0.2, 0.25) is 0 Å². The fourth-order valence-electron chi connectivity index (χ4n) is 2.43. The van der Waals surface area contributed by atoms with Gasteiger partial charge in [-0.25, -0.2) is 4.68 Å². The molecular formula is C15H22BrN3O. The van der Waals surface area contributed by atoms with Gasteiger partial charge >= 0.3 is 0 Å². The summed E-state index contributed by atoms with van der Waals surface area (Å²) in [5.74, 6) is 0. The summed E-state index contributed by atoms with van der Waals surface area (Å²) in [6.07, 6.45) is 10.2. The van der Waals surface area contributed by atoms with Gasteiger partial charge in [0.2, 0.25) is 0 Å². The fourth-order valence-corrected chi connectivity index (χ4v) is 2.85. The average Bonchev–Trinajstić information content (AvgIpc) is 2.44. The molecule has 0 saturated carbocycles. The van der Waals surface area contributed by atoms with E-state index in [4.69, 9.17) is 0 Å². The number of hydrogen-bond donors (Lipinski definition) is 1. The third-order valence-electron chi connectivity index (χ3n) is 3.58. The minimum atomic E-state index is -0.0816. The first-order valence-electron chi connectivity index (χ1n) is 7.28. The highest BCUT2D eigenvalue weighted by molar-refractivity contribution is 9.10. The van der Waals surface area contributed by atoms with Crippen LogP contribution in [0.15, 0.2) is 27.1 Å². The summed E-state index contributed by atoms with van der Waals surface area (Å²) in [7, 11) is 0. The first-order valence-corrected chi connectivity index (χ1v) is 8.08. The molecule has 0 fully saturated rings. The Labute approximate surface area is 128 Å². The molecule has 1 aliphatic carbocycles. The molecule has 1 aliphatic rings. The highest BCUT2D eigenvalue weighted by Crippen LogP contribution is 2.21. The molecule has 0 aliphatic heterocycles. The minimum absolute atomic E-state index is 0.0697. The Morgan fingerprint density at radius 1 is 1.45 bits per heavy atom. The first kappa shape index (κ1) is 15.3. The van der Waals surface area contributed by atoms with Crippen LogP contribution in [-0.4, -0.2) is 16.3 Å². The van der Waals surface area contributed by atoms with Crippen molar-refractivity contribution in [2.75, 3.05) is 11.9 Å². The summed E-state index contributed by atoms with van der Waals surface area (Å²) in [5, 5.41) is 7.50. The Hall–Kier alpha value is -1.10. The van der Waals surface area contributed by atoms with E-state index in [9.17, 15) is 4.79 Å². The van der Waals surface area contributed by atoms with Crippen LogP contribution < -0.4 is 10.9 Å². The molecular weight excluding hydrogens is 318 g/mol. The lowest BCUT2D eigenvalue weighted by molar-refractivity contribution is 0.501. The van der Waals surface area contributed by atoms with Crippen LogP contribution in [0, 0.1) is 0 Å². The largest absolute Gasteiger partial charge is 0.382 e. The molecule has 0 bridgehead atoms. The van der Waals surface area contributed by atoms with Crippen molar-refractivity contribution in [3.8, 4) is 0 Å². The van der Waals surface area contributed by atoms with Crippen LogP contribution >= 0.6 is 15.9 Å². The number of aromatic nitrogens is 2. The maximum Gasteiger partial charge on any atom is 0.283 e. The van der Waals surface area contributed by atoms with E-state index in [1.54, 1.807) is 6.20 Å². The summed E-state index contributed by atoms with van der Waals surface area (Å²) >= 11 is 3.38. The number of nitrogens with one attached hydrogen (secondary N) is 1. The Bertz CT molecular complexity index is 549. The molecule has 110 valence electrons. The highest BCUT2D eigenvalue weighted by atomic mass is 79.9. The zero-order valence-electron chi connectivity index (χ0n) is 12.2. The van der Waals surface area contributed by atoms with Crippen molar-refractivity contribution >= 4 is 21.6 Å². The predicted octanol–water partition coefficient (Wildman–Crippen LogP) is 3.89. The quantitative estimate of drug-likeness (QED) is 0.827. The van der Waals surface area contributed by atoms with Gasteiger partial charge < -0.3 is 5.32 Å². The molecule has 20 heavy (non-hydrogen) atoms. The van der Waals surface area contributed by atoms with E-state index in [-0.39, 0.29) is 11.6 Å². The van der Waals surface area contributed by atoms with Gasteiger partial charge in [-0.2, -0.15) is 5.10 Å². The van der Waals surface area contributed by atoms with E-state index in [2.05, 4.69) is 32.4 Å². The van der Waals surface area contributed by atoms with Crippen molar-refractivity contribution in [1.82, 2.24) is 9.78 Å². The lowest BCUT2D eigenvalue weighted by atomic mass is 9.97. The van der Waals surface area contributed by atoms with Crippen LogP contribution in [0.1, 0.15) is 52.0 Å². The van der Waals surface area contributed by atoms with Gasteiger partial charge in [-0.15, -0.1) is 0 Å². The van der Waals surface area contributed by atoms with Gasteiger partial charge in [0.05, 0.1) is 17.9 Å². The molecule has 0 aromatic carbocycles. The molecule has 1 N–H and O–H groups in total. The standard InChI is InChI=1S/C15H22BrN3O/c1-11(2)19-15(20)14(16)13(10-18-19)17-9-8-12-6-4-3-5-7-12/h6,10-11,17H,3-5,7-9H2,1-2H3. The summed E-state index contributed by atoms with van der Waals surface area (Å²) in [6.45, 7) is 4.74. The number of allylic oxidation sites excluding steroid dienone is 1. The van der Waals surface area contributed by atoms with Gasteiger partial charge in [0.15, 0.2) is 0 Å². The van der Waals surface area contributed by atoms with Crippen LogP contribution in [0.3, 0.4) is 0 Å². The maximum absolute atomic E-state index is 12.1. The van der Waals surface area contributed by atoms with Crippen molar-refractivity contribution in [3.63, 3.8) is 0 Å². The molecule has 0 spiro atoms. The van der Waals surface area contributed by atoms with E-state index in [1.165, 1.54) is 35.9 Å². The smallest absolute Gasteiger partial charge is 0.283 e. The number of anilines is 1. The normalized spacial score (nSPS) is 15.3. The Morgan fingerprint density at radius 3 is 2.90 bits per heavy atom. The second kappa shape index (κ2) is 7.07. The van der Waals surface area contributed by atoms with Crippen LogP contribution in [0.4, 0.5) is 5.69 Å². The summed E-state index contributed by atoms with van der Waals surface area (Å²) in [5.41, 5.74) is 2.23. The van der Waals surface area contributed by atoms with Crippen LogP contribution in [-0.2, 0) is 0 Å². The zero-order valence-corrected chi connectivity index (χ0v) is 13.7. The van der Waals surface area contributed by atoms with Crippen molar-refractivity contribution in [1.29, 1.82) is 0 Å². The minimum Gasteiger partial charge on any atom is -0.382 e. The topological polar surface area (TPSA) is 46.9 Å². The van der Waals surface area contributed by atoms with Gasteiger partial charge in [-0.05, 0) is 61.9 Å². The summed E-state index contributed by atoms with van der Waals surface area (Å²) in [6, 6.07) is 0.0697. The van der Waals surface area contributed by atoms with Crippen molar-refractivity contribution < 1.29 is 0 Å². The molecule has 0 saturated heterocycles. The SMILES string of the molecule is CC(C)n1ncc(NCCC2=CCCCC2)c(Br)c1=O. The molecule has 0 atom stereocenters. The molecule has 4 nitrogen and oxygen atoms in total. The van der Waals surface area contributed by atoms with E-state index < -0.39 is 0 Å². The van der Waals surface area contributed by atoms with E-state index in [1.807, 2.05) is 13.8 Å². The van der Waals surface area contributed by atoms with Crippen LogP contribution in [0.25, 0.3) is 0 Å². The third kappa shape index (κ3) is 3.72. The lowest BCUT2D eigenvalue weighted by Gasteiger charge is -2.15. The fraction of sp³-hybridized carbons (Fsp3) is 0.600. The molecule has 1 heterocycles. The van der Waals surface area contributed by atoms with E-state index >= 15 is 0 Å². The average molecular weight is 340 g/mol. The number of rotatable bonds is 5. The Kier molecular flexibility index (Phi) is 5.40. The summed E-state index contributed by atoms with van der Waals surface area (Å²) in [4.78, 5) is 12.1. The lowest BCUT2D eigenvalue weighted by Crippen LogP contribution is -2.26. The summed E-state index contributed by atoms with van der Waals surface area (Å²) < 4.78 is 2.05. The second-order valence-electron chi connectivity index (χ2n) is 5.50. The Balaban J connectivity index is 1.98. The molecule has 5 heteroatoms. The number of halogens is 1. The molecule has 1 aromatic heterocycles. The van der Waals surface area contributed by atoms with Crippen molar-refractivity contribution in [3.05, 3.63) is 32.7 Å². The van der Waals surface area contributed by atoms with Gasteiger partial charge in [0.25, 0.3) is 5.56 Å². The number of nitrogens with zero attached hydrogens (tertiary/aromatic N) is 2. The molecule has 1 aromatic rings. The molecule has 0 radical (unpaired) electrons. The first-order chi connectivity index (χ1) is 9.59. The molecule has 2 rings (SSSR count). The third-order valence-corrected chi connectivity index (χ3v) is 4.35. The van der Waals surface area contributed by atoms with Gasteiger partial charge in [0, 0.05) is 6.54 Å². The van der Waals surface area contributed by atoms with Crippen LogP contribution in [0.5, 0.6) is 0 Å². The van der Waals surface area contributed by atoms with Gasteiger partial charge in [-0.1, -0.05) is 11.6 Å². The van der Waals surface area contributed by atoms with Gasteiger partial charge in [-0.3, -0.25) is 4.79 Å². The van der Waals surface area contributed by atoms with Crippen molar-refractivity contribution in [2.24, 2.45) is 0 Å². The van der Waals surface area contributed by atoms with Crippen molar-refractivity contribution in [2.45, 2.75) is 52.0 Å². The predicted molar refractivity (Wildman–Crippen MR) is 86.2 cm³/mol. The number of hydrogen-bond acceptors (Lipinski definition) is 3. The Morgan fingerprint density at radius 2 is 2.25 bits per heavy atom. The van der Waals surface area contributed by atoms with E-state index in [0.717, 1.165) is 18.7 Å². The highest BCUT2D eigenvalue weighted by Gasteiger charge is 2.10. The monoisotopic (exact) mass is 339 g/mol. The van der Waals surface area contributed by atoms with Gasteiger partial charge in [0.1, 0.15) is 4.47 Å². The van der Waals surface area contributed by atoms with E-state index in [0.29, 0.717) is 4.47 Å².